The van der Waals surface area contributed by atoms with E-state index in [1.807, 2.05) is 13.8 Å². The van der Waals surface area contributed by atoms with E-state index in [0.717, 1.165) is 19.9 Å². The van der Waals surface area contributed by atoms with Crippen LogP contribution >= 0.6 is 15.9 Å². The van der Waals surface area contributed by atoms with Gasteiger partial charge in [-0.3, -0.25) is 9.59 Å². The Morgan fingerprint density at radius 3 is 2.50 bits per heavy atom. The Kier molecular flexibility index (Phi) is 5.74. The minimum Gasteiger partial charge on any atom is -0.425 e. The lowest BCUT2D eigenvalue weighted by atomic mass is 9.97. The van der Waals surface area contributed by atoms with Crippen LogP contribution in [0.3, 0.4) is 0 Å². The number of likely N-dealkylation sites (N-methyl/N-ethyl adjacent to an activating group) is 1. The number of carbonyl (C=O) groups is 2. The molecule has 0 amide bonds. The molecule has 0 aromatic heterocycles. The van der Waals surface area contributed by atoms with Crippen LogP contribution in [-0.2, 0) is 14.8 Å². The standard InChI is InChI=1S/C20H20BrNO5S/c1-12-4-9-17(20-16(23)10-13(2)19(12)20)27-18(24)11-22(3)28(25,26)15-7-5-14(21)6-8-15/h4-9,13H,10-11H2,1-3H3. The van der Waals surface area contributed by atoms with Crippen LogP contribution in [0, 0.1) is 6.92 Å². The van der Waals surface area contributed by atoms with Crippen LogP contribution in [0.15, 0.2) is 45.8 Å². The molecule has 0 N–H and O–H groups in total. The van der Waals surface area contributed by atoms with E-state index < -0.39 is 22.5 Å². The van der Waals surface area contributed by atoms with Gasteiger partial charge < -0.3 is 4.74 Å². The van der Waals surface area contributed by atoms with E-state index in [9.17, 15) is 18.0 Å². The van der Waals surface area contributed by atoms with Gasteiger partial charge in [-0.05, 0) is 54.3 Å². The van der Waals surface area contributed by atoms with Crippen LogP contribution in [0.2, 0.25) is 0 Å². The molecule has 28 heavy (non-hydrogen) atoms. The van der Waals surface area contributed by atoms with E-state index in [1.165, 1.54) is 19.2 Å². The zero-order valence-electron chi connectivity index (χ0n) is 15.7. The number of fused-ring (bicyclic) bond motifs is 1. The van der Waals surface area contributed by atoms with Crippen LogP contribution in [0.1, 0.15) is 40.7 Å². The lowest BCUT2D eigenvalue weighted by Gasteiger charge is -2.17. The van der Waals surface area contributed by atoms with Gasteiger partial charge in [0, 0.05) is 17.9 Å². The number of aryl methyl sites for hydroxylation is 1. The summed E-state index contributed by atoms with van der Waals surface area (Å²) in [6.45, 7) is 3.41. The number of hydrogen-bond acceptors (Lipinski definition) is 5. The number of rotatable bonds is 5. The number of sulfonamides is 1. The highest BCUT2D eigenvalue weighted by Crippen LogP contribution is 2.40. The Morgan fingerprint density at radius 2 is 1.86 bits per heavy atom. The number of esters is 1. The number of benzene rings is 2. The molecule has 0 saturated carbocycles. The third-order valence-corrected chi connectivity index (χ3v) is 7.13. The number of Topliss-reactive ketones (excluding diaryl/α,β-unsaturated/α-hetero) is 1. The van der Waals surface area contributed by atoms with E-state index in [-0.39, 0.29) is 22.3 Å². The van der Waals surface area contributed by atoms with Crippen molar-refractivity contribution < 1.29 is 22.7 Å². The highest BCUT2D eigenvalue weighted by atomic mass is 79.9. The quantitative estimate of drug-likeness (QED) is 0.496. The first-order valence-electron chi connectivity index (χ1n) is 8.70. The monoisotopic (exact) mass is 465 g/mol. The molecule has 0 spiro atoms. The van der Waals surface area contributed by atoms with Gasteiger partial charge in [-0.15, -0.1) is 0 Å². The Bertz CT molecular complexity index is 1050. The SMILES string of the molecule is Cc1ccc(OC(=O)CN(C)S(=O)(=O)c2ccc(Br)cc2)c2c1C(C)CC2=O. The predicted octanol–water partition coefficient (Wildman–Crippen LogP) is 3.67. The van der Waals surface area contributed by atoms with Gasteiger partial charge in [0.15, 0.2) is 5.78 Å². The van der Waals surface area contributed by atoms with Gasteiger partial charge in [-0.2, -0.15) is 4.31 Å². The fourth-order valence-corrected chi connectivity index (χ4v) is 4.78. The second-order valence-electron chi connectivity index (χ2n) is 6.89. The lowest BCUT2D eigenvalue weighted by molar-refractivity contribution is -0.134. The lowest BCUT2D eigenvalue weighted by Crippen LogP contribution is -2.34. The van der Waals surface area contributed by atoms with Crippen molar-refractivity contribution in [2.75, 3.05) is 13.6 Å². The summed E-state index contributed by atoms with van der Waals surface area (Å²) in [5.74, 6) is -0.553. The molecule has 1 aliphatic carbocycles. The van der Waals surface area contributed by atoms with Crippen molar-refractivity contribution in [2.24, 2.45) is 0 Å². The molecule has 0 aliphatic heterocycles. The Labute approximate surface area is 172 Å². The number of hydrogen-bond donors (Lipinski definition) is 0. The average molecular weight is 466 g/mol. The van der Waals surface area contributed by atoms with Gasteiger partial charge in [-0.1, -0.05) is 28.9 Å². The molecule has 2 aromatic carbocycles. The third-order valence-electron chi connectivity index (χ3n) is 4.79. The van der Waals surface area contributed by atoms with E-state index in [0.29, 0.717) is 12.0 Å². The summed E-state index contributed by atoms with van der Waals surface area (Å²) >= 11 is 3.26. The number of ether oxygens (including phenoxy) is 1. The molecule has 0 saturated heterocycles. The van der Waals surface area contributed by atoms with Crippen LogP contribution in [0.25, 0.3) is 0 Å². The summed E-state index contributed by atoms with van der Waals surface area (Å²) in [4.78, 5) is 24.8. The van der Waals surface area contributed by atoms with Crippen molar-refractivity contribution >= 4 is 37.7 Å². The van der Waals surface area contributed by atoms with Gasteiger partial charge >= 0.3 is 5.97 Å². The highest BCUT2D eigenvalue weighted by Gasteiger charge is 2.32. The molecule has 0 radical (unpaired) electrons. The maximum Gasteiger partial charge on any atom is 0.326 e. The van der Waals surface area contributed by atoms with E-state index >= 15 is 0 Å². The number of halogens is 1. The molecular formula is C20H20BrNO5S. The molecule has 148 valence electrons. The molecule has 1 atom stereocenters. The molecule has 0 heterocycles. The maximum absolute atomic E-state index is 12.6. The Hall–Kier alpha value is -2.03. The summed E-state index contributed by atoms with van der Waals surface area (Å²) in [7, 11) is -2.53. The minimum absolute atomic E-state index is 0.0650. The summed E-state index contributed by atoms with van der Waals surface area (Å²) < 4.78 is 32.3. The number of carbonyl (C=O) groups excluding carboxylic acids is 2. The fourth-order valence-electron chi connectivity index (χ4n) is 3.40. The molecular weight excluding hydrogens is 446 g/mol. The van der Waals surface area contributed by atoms with Crippen molar-refractivity contribution in [3.05, 3.63) is 57.6 Å². The third kappa shape index (κ3) is 3.90. The maximum atomic E-state index is 12.6. The van der Waals surface area contributed by atoms with Crippen LogP contribution < -0.4 is 4.74 Å². The van der Waals surface area contributed by atoms with Gasteiger partial charge in [0.2, 0.25) is 10.0 Å². The molecule has 8 heteroatoms. The molecule has 0 fully saturated rings. The summed E-state index contributed by atoms with van der Waals surface area (Å²) in [5, 5.41) is 0. The molecule has 1 aliphatic rings. The van der Waals surface area contributed by atoms with Crippen molar-refractivity contribution in [3.8, 4) is 5.75 Å². The molecule has 0 bridgehead atoms. The minimum atomic E-state index is -3.84. The normalized spacial score (nSPS) is 16.3. The van der Waals surface area contributed by atoms with Crippen LogP contribution in [-0.4, -0.2) is 38.1 Å². The van der Waals surface area contributed by atoms with Gasteiger partial charge in [0.05, 0.1) is 10.5 Å². The predicted molar refractivity (Wildman–Crippen MR) is 108 cm³/mol. The smallest absolute Gasteiger partial charge is 0.326 e. The van der Waals surface area contributed by atoms with Crippen molar-refractivity contribution in [2.45, 2.75) is 31.1 Å². The largest absolute Gasteiger partial charge is 0.425 e. The first-order valence-corrected chi connectivity index (χ1v) is 10.9. The van der Waals surface area contributed by atoms with Crippen molar-refractivity contribution in [1.82, 2.24) is 4.31 Å². The molecule has 3 rings (SSSR count). The first kappa shape index (κ1) is 20.7. The van der Waals surface area contributed by atoms with Crippen LogP contribution in [0.4, 0.5) is 0 Å². The topological polar surface area (TPSA) is 80.8 Å². The molecule has 2 aromatic rings. The average Bonchev–Trinajstić information content (AvgIpc) is 2.93. The van der Waals surface area contributed by atoms with Gasteiger partial charge in [0.1, 0.15) is 12.3 Å². The van der Waals surface area contributed by atoms with Crippen molar-refractivity contribution in [3.63, 3.8) is 0 Å². The van der Waals surface area contributed by atoms with E-state index in [2.05, 4.69) is 15.9 Å². The molecule has 6 nitrogen and oxygen atoms in total. The van der Waals surface area contributed by atoms with Gasteiger partial charge in [-0.25, -0.2) is 8.42 Å². The summed E-state index contributed by atoms with van der Waals surface area (Å²) in [6.07, 6.45) is 0.378. The molecule has 1 unspecified atom stereocenters. The Balaban J connectivity index is 1.78. The van der Waals surface area contributed by atoms with Crippen molar-refractivity contribution in [1.29, 1.82) is 0 Å². The second-order valence-corrected chi connectivity index (χ2v) is 9.85. The summed E-state index contributed by atoms with van der Waals surface area (Å²) in [6, 6.07) is 9.52. The number of nitrogens with zero attached hydrogens (tertiary/aromatic N) is 1. The number of ketones is 1. The van der Waals surface area contributed by atoms with E-state index in [4.69, 9.17) is 4.74 Å². The zero-order chi connectivity index (χ0) is 20.6. The fraction of sp³-hybridized carbons (Fsp3) is 0.300. The zero-order valence-corrected chi connectivity index (χ0v) is 18.1. The van der Waals surface area contributed by atoms with Gasteiger partial charge in [0.25, 0.3) is 0 Å². The summed E-state index contributed by atoms with van der Waals surface area (Å²) in [5.41, 5.74) is 2.30. The Morgan fingerprint density at radius 1 is 1.21 bits per heavy atom. The van der Waals surface area contributed by atoms with Crippen LogP contribution in [0.5, 0.6) is 5.75 Å². The first-order chi connectivity index (χ1) is 13.1. The van der Waals surface area contributed by atoms with E-state index in [1.54, 1.807) is 24.3 Å². The second kappa shape index (κ2) is 7.77. The highest BCUT2D eigenvalue weighted by molar-refractivity contribution is 9.10.